The highest BCUT2D eigenvalue weighted by atomic mass is 16.2. The van der Waals surface area contributed by atoms with E-state index in [4.69, 9.17) is 0 Å². The van der Waals surface area contributed by atoms with Gasteiger partial charge in [0.05, 0.1) is 11.2 Å². The maximum absolute atomic E-state index is 12.4. The van der Waals surface area contributed by atoms with Gasteiger partial charge in [-0.2, -0.15) is 10.2 Å². The first-order valence-electron chi connectivity index (χ1n) is 9.03. The fraction of sp³-hybridized carbons (Fsp3) is 0.474. The third kappa shape index (κ3) is 3.21. The Morgan fingerprint density at radius 3 is 2.64 bits per heavy atom. The smallest absolute Gasteiger partial charge is 0.312 e. The van der Waals surface area contributed by atoms with Crippen LogP contribution in [0.1, 0.15) is 31.4 Å². The molecule has 1 aliphatic carbocycles. The van der Waals surface area contributed by atoms with Gasteiger partial charge in [-0.3, -0.25) is 9.59 Å². The van der Waals surface area contributed by atoms with E-state index in [1.165, 1.54) is 0 Å². The zero-order valence-corrected chi connectivity index (χ0v) is 14.2. The standard InChI is InChI=1S/C19H22N4O2/c24-18-19(25)23(16-6-2-3-7-16)12-11-22(18)10-9-15-13-14-5-1-4-8-17(14)21-20-15/h1,4-5,8,13,16H,2-3,6-7,9-12H2. The van der Waals surface area contributed by atoms with E-state index in [2.05, 4.69) is 10.2 Å². The van der Waals surface area contributed by atoms with Gasteiger partial charge >= 0.3 is 11.8 Å². The Balaban J connectivity index is 1.39. The van der Waals surface area contributed by atoms with Gasteiger partial charge in [0.25, 0.3) is 0 Å². The van der Waals surface area contributed by atoms with Gasteiger partial charge in [-0.1, -0.05) is 31.0 Å². The molecule has 1 aliphatic heterocycles. The predicted octanol–water partition coefficient (Wildman–Crippen LogP) is 1.79. The van der Waals surface area contributed by atoms with Crippen molar-refractivity contribution >= 4 is 22.7 Å². The number of amides is 2. The topological polar surface area (TPSA) is 66.4 Å². The normalized spacial score (nSPS) is 19.2. The molecule has 0 unspecified atom stereocenters. The van der Waals surface area contributed by atoms with Crippen LogP contribution in [0.25, 0.3) is 10.9 Å². The number of fused-ring (bicyclic) bond motifs is 1. The van der Waals surface area contributed by atoms with Crippen LogP contribution in [0.2, 0.25) is 0 Å². The lowest BCUT2D eigenvalue weighted by Crippen LogP contribution is -2.57. The second-order valence-corrected chi connectivity index (χ2v) is 6.87. The summed E-state index contributed by atoms with van der Waals surface area (Å²) in [7, 11) is 0. The molecule has 0 spiro atoms. The summed E-state index contributed by atoms with van der Waals surface area (Å²) in [6.45, 7) is 1.77. The van der Waals surface area contributed by atoms with Crippen LogP contribution in [-0.4, -0.2) is 57.5 Å². The first-order chi connectivity index (χ1) is 12.2. The summed E-state index contributed by atoms with van der Waals surface area (Å²) in [5.41, 5.74) is 1.71. The molecule has 6 nitrogen and oxygen atoms in total. The van der Waals surface area contributed by atoms with E-state index in [1.54, 1.807) is 9.80 Å². The number of piperazine rings is 1. The number of carbonyl (C=O) groups excluding carboxylic acids is 2. The number of benzene rings is 1. The van der Waals surface area contributed by atoms with Crippen molar-refractivity contribution in [3.63, 3.8) is 0 Å². The Kier molecular flexibility index (Phi) is 4.34. The highest BCUT2D eigenvalue weighted by molar-refractivity contribution is 6.35. The molecule has 0 N–H and O–H groups in total. The summed E-state index contributed by atoms with van der Waals surface area (Å²) in [6, 6.07) is 10.1. The Morgan fingerprint density at radius 1 is 1.00 bits per heavy atom. The predicted molar refractivity (Wildman–Crippen MR) is 93.8 cm³/mol. The Morgan fingerprint density at radius 2 is 1.80 bits per heavy atom. The monoisotopic (exact) mass is 338 g/mol. The largest absolute Gasteiger partial charge is 0.332 e. The van der Waals surface area contributed by atoms with Gasteiger partial charge in [-0.15, -0.1) is 0 Å². The number of hydrogen-bond donors (Lipinski definition) is 0. The van der Waals surface area contributed by atoms with Crippen LogP contribution >= 0.6 is 0 Å². The third-order valence-corrected chi connectivity index (χ3v) is 5.29. The van der Waals surface area contributed by atoms with Gasteiger partial charge in [0.1, 0.15) is 0 Å². The van der Waals surface area contributed by atoms with Gasteiger partial charge in [0, 0.05) is 37.5 Å². The molecule has 1 saturated carbocycles. The van der Waals surface area contributed by atoms with Gasteiger partial charge in [-0.05, 0) is 25.0 Å². The van der Waals surface area contributed by atoms with Crippen LogP contribution < -0.4 is 0 Å². The summed E-state index contributed by atoms with van der Waals surface area (Å²) in [6.07, 6.45) is 5.00. The van der Waals surface area contributed by atoms with Crippen LogP contribution in [-0.2, 0) is 16.0 Å². The van der Waals surface area contributed by atoms with Crippen molar-refractivity contribution in [1.82, 2.24) is 20.0 Å². The molecule has 0 radical (unpaired) electrons. The van der Waals surface area contributed by atoms with Crippen molar-refractivity contribution in [3.8, 4) is 0 Å². The van der Waals surface area contributed by atoms with E-state index in [0.717, 1.165) is 42.3 Å². The van der Waals surface area contributed by atoms with E-state index in [0.29, 0.717) is 26.1 Å². The zero-order valence-electron chi connectivity index (χ0n) is 14.2. The number of hydrogen-bond acceptors (Lipinski definition) is 4. The maximum atomic E-state index is 12.4. The summed E-state index contributed by atoms with van der Waals surface area (Å²) >= 11 is 0. The molecule has 2 aromatic rings. The molecule has 0 bridgehead atoms. The van der Waals surface area contributed by atoms with Crippen molar-refractivity contribution in [2.45, 2.75) is 38.1 Å². The van der Waals surface area contributed by atoms with E-state index in [1.807, 2.05) is 30.3 Å². The first kappa shape index (κ1) is 16.0. The van der Waals surface area contributed by atoms with E-state index < -0.39 is 0 Å². The van der Waals surface area contributed by atoms with Gasteiger partial charge in [-0.25, -0.2) is 0 Å². The van der Waals surface area contributed by atoms with Gasteiger partial charge < -0.3 is 9.80 Å². The van der Waals surface area contributed by atoms with E-state index >= 15 is 0 Å². The molecule has 2 amide bonds. The molecule has 1 aromatic heterocycles. The fourth-order valence-electron chi connectivity index (χ4n) is 3.87. The fourth-order valence-corrected chi connectivity index (χ4v) is 3.87. The molecule has 0 atom stereocenters. The second-order valence-electron chi connectivity index (χ2n) is 6.87. The lowest BCUT2D eigenvalue weighted by Gasteiger charge is -2.37. The number of carbonyl (C=O) groups is 2. The van der Waals surface area contributed by atoms with Crippen molar-refractivity contribution in [2.24, 2.45) is 0 Å². The minimum absolute atomic E-state index is 0.268. The average Bonchev–Trinajstić information content (AvgIpc) is 3.17. The minimum Gasteiger partial charge on any atom is -0.332 e. The SMILES string of the molecule is O=C1C(=O)N(C2CCCC2)CCN1CCc1cc2ccccc2nn1. The molecular formula is C19H22N4O2. The Bertz CT molecular complexity index is 801. The first-order valence-corrected chi connectivity index (χ1v) is 9.03. The highest BCUT2D eigenvalue weighted by Gasteiger charge is 2.36. The molecule has 4 rings (SSSR count). The molecule has 6 heteroatoms. The van der Waals surface area contributed by atoms with Crippen LogP contribution in [0.4, 0.5) is 0 Å². The minimum atomic E-state index is -0.369. The Hall–Kier alpha value is -2.50. The lowest BCUT2D eigenvalue weighted by molar-refractivity contribution is -0.157. The molecular weight excluding hydrogens is 316 g/mol. The molecule has 25 heavy (non-hydrogen) atoms. The highest BCUT2D eigenvalue weighted by Crippen LogP contribution is 2.25. The summed E-state index contributed by atoms with van der Waals surface area (Å²) in [5.74, 6) is -0.699. The number of rotatable bonds is 4. The molecule has 2 heterocycles. The van der Waals surface area contributed by atoms with Gasteiger partial charge in [0.15, 0.2) is 0 Å². The lowest BCUT2D eigenvalue weighted by atomic mass is 10.1. The summed E-state index contributed by atoms with van der Waals surface area (Å²) in [4.78, 5) is 28.3. The van der Waals surface area contributed by atoms with Crippen molar-refractivity contribution in [2.75, 3.05) is 19.6 Å². The number of nitrogens with zero attached hydrogens (tertiary/aromatic N) is 4. The molecule has 1 saturated heterocycles. The number of aromatic nitrogens is 2. The second kappa shape index (κ2) is 6.78. The van der Waals surface area contributed by atoms with Crippen LogP contribution in [0.5, 0.6) is 0 Å². The molecule has 130 valence electrons. The zero-order chi connectivity index (χ0) is 17.2. The van der Waals surface area contributed by atoms with E-state index in [-0.39, 0.29) is 17.9 Å². The molecule has 2 aliphatic rings. The quantitative estimate of drug-likeness (QED) is 0.797. The summed E-state index contributed by atoms with van der Waals surface area (Å²) < 4.78 is 0. The molecule has 1 aromatic carbocycles. The van der Waals surface area contributed by atoms with Crippen molar-refractivity contribution in [3.05, 3.63) is 36.0 Å². The van der Waals surface area contributed by atoms with Gasteiger partial charge in [0.2, 0.25) is 0 Å². The molecule has 2 fully saturated rings. The van der Waals surface area contributed by atoms with Crippen LogP contribution in [0.3, 0.4) is 0 Å². The summed E-state index contributed by atoms with van der Waals surface area (Å²) in [5, 5.41) is 9.49. The third-order valence-electron chi connectivity index (χ3n) is 5.29. The Labute approximate surface area is 146 Å². The van der Waals surface area contributed by atoms with Crippen LogP contribution in [0.15, 0.2) is 30.3 Å². The average molecular weight is 338 g/mol. The van der Waals surface area contributed by atoms with Crippen molar-refractivity contribution < 1.29 is 9.59 Å². The van der Waals surface area contributed by atoms with Crippen molar-refractivity contribution in [1.29, 1.82) is 0 Å². The van der Waals surface area contributed by atoms with Crippen LogP contribution in [0, 0.1) is 0 Å². The maximum Gasteiger partial charge on any atom is 0.312 e. The van der Waals surface area contributed by atoms with E-state index in [9.17, 15) is 9.59 Å².